The van der Waals surface area contributed by atoms with E-state index in [1.807, 2.05) is 0 Å². The Labute approximate surface area is 259 Å². The van der Waals surface area contributed by atoms with Gasteiger partial charge in [0.2, 0.25) is 0 Å². The van der Waals surface area contributed by atoms with Crippen molar-refractivity contribution in [3.63, 3.8) is 0 Å². The number of aromatic hydroxyl groups is 1. The summed E-state index contributed by atoms with van der Waals surface area (Å²) in [6.45, 7) is 2.22. The van der Waals surface area contributed by atoms with Crippen molar-refractivity contribution < 1.29 is 23.0 Å². The summed E-state index contributed by atoms with van der Waals surface area (Å²) in [5, 5.41) is 11.9. The maximum absolute atomic E-state index is 17.0. The SMILES string of the molecule is C#Cc1c(F)ccc2cc(O)cc(-c3nc4c5c(nc(OC[C@@]67CCCN6C[C@H](F)C7)nc5c3F)N3CCCCC[C@@H]3CC4)c12. The van der Waals surface area contributed by atoms with Crippen molar-refractivity contribution in [3.8, 4) is 35.4 Å². The molecule has 0 amide bonds. The van der Waals surface area contributed by atoms with E-state index < -0.39 is 23.3 Å². The zero-order valence-electron chi connectivity index (χ0n) is 25.0. The van der Waals surface area contributed by atoms with Gasteiger partial charge in [0.05, 0.1) is 22.2 Å². The first-order valence-electron chi connectivity index (χ1n) is 16.0. The highest BCUT2D eigenvalue weighted by atomic mass is 19.1. The lowest BCUT2D eigenvalue weighted by Crippen LogP contribution is -2.43. The molecule has 2 aromatic carbocycles. The molecule has 3 atom stereocenters. The normalized spacial score (nSPS) is 24.7. The molecule has 3 fully saturated rings. The molecule has 6 heterocycles. The fourth-order valence-corrected chi connectivity index (χ4v) is 8.30. The van der Waals surface area contributed by atoms with E-state index >= 15 is 4.39 Å². The molecule has 4 aromatic rings. The van der Waals surface area contributed by atoms with Crippen molar-refractivity contribution >= 4 is 27.5 Å². The highest BCUT2D eigenvalue weighted by Gasteiger charge is 2.49. The Bertz CT molecular complexity index is 1890. The van der Waals surface area contributed by atoms with E-state index in [9.17, 15) is 13.9 Å². The number of nitrogens with zero attached hydrogens (tertiary/aromatic N) is 5. The number of hydrogen-bond donors (Lipinski definition) is 1. The lowest BCUT2D eigenvalue weighted by molar-refractivity contribution is 0.107. The Morgan fingerprint density at radius 2 is 1.93 bits per heavy atom. The third-order valence-corrected chi connectivity index (χ3v) is 10.4. The van der Waals surface area contributed by atoms with Gasteiger partial charge in [0, 0.05) is 36.5 Å². The zero-order valence-corrected chi connectivity index (χ0v) is 25.0. The number of ether oxygens (including phenoxy) is 1. The van der Waals surface area contributed by atoms with E-state index in [0.717, 1.165) is 58.0 Å². The molecule has 0 saturated carbocycles. The smallest absolute Gasteiger partial charge is 0.319 e. The average Bonchev–Trinajstić information content (AvgIpc) is 3.38. The van der Waals surface area contributed by atoms with Gasteiger partial charge in [0.1, 0.15) is 41.4 Å². The minimum atomic E-state index is -0.905. The molecule has 7 nitrogen and oxygen atoms in total. The van der Waals surface area contributed by atoms with Crippen LogP contribution in [0.25, 0.3) is 32.9 Å². The van der Waals surface area contributed by atoms with Crippen molar-refractivity contribution in [3.05, 3.63) is 47.2 Å². The number of anilines is 1. The van der Waals surface area contributed by atoms with Crippen LogP contribution >= 0.6 is 0 Å². The van der Waals surface area contributed by atoms with Gasteiger partial charge in [-0.15, -0.1) is 6.42 Å². The first-order chi connectivity index (χ1) is 21.8. The number of pyridine rings is 1. The molecule has 232 valence electrons. The van der Waals surface area contributed by atoms with Gasteiger partial charge in [-0.25, -0.2) is 18.2 Å². The molecule has 10 heteroatoms. The standard InChI is InChI=1S/C35H34F3N5O2/c1-2-24-26(37)10-8-20-15-23(44)16-25(28(20)24)31-30(38)32-29-27(39-31)11-9-22-7-4-3-5-14-43(22)33(29)41-34(40-32)45-19-35-12-6-13-42(35)18-21(36)17-35/h1,8,10,15-16,21-22,44H,3-7,9,11-14,17-19H2/t21-,22-,35+/m1/s1. The van der Waals surface area contributed by atoms with Crippen LogP contribution in [0, 0.1) is 24.0 Å². The Balaban J connectivity index is 1.33. The Morgan fingerprint density at radius 1 is 1.04 bits per heavy atom. The molecule has 1 N–H and O–H groups in total. The number of phenols is 1. The summed E-state index contributed by atoms with van der Waals surface area (Å²) in [4.78, 5) is 18.9. The molecule has 0 aliphatic carbocycles. The molecule has 4 aliphatic rings. The van der Waals surface area contributed by atoms with Crippen molar-refractivity contribution in [2.45, 2.75) is 75.5 Å². The lowest BCUT2D eigenvalue weighted by atomic mass is 9.95. The van der Waals surface area contributed by atoms with Crippen molar-refractivity contribution in [2.75, 3.05) is 31.1 Å². The molecule has 4 aliphatic heterocycles. The molecular formula is C35H34F3N5O2. The van der Waals surface area contributed by atoms with Crippen molar-refractivity contribution in [2.24, 2.45) is 0 Å². The maximum atomic E-state index is 17.0. The van der Waals surface area contributed by atoms with E-state index in [1.165, 1.54) is 24.3 Å². The van der Waals surface area contributed by atoms with Crippen LogP contribution < -0.4 is 9.64 Å². The molecule has 0 unspecified atom stereocenters. The number of rotatable bonds is 4. The maximum Gasteiger partial charge on any atom is 0.319 e. The van der Waals surface area contributed by atoms with E-state index in [0.29, 0.717) is 47.1 Å². The lowest BCUT2D eigenvalue weighted by Gasteiger charge is -2.32. The van der Waals surface area contributed by atoms with Gasteiger partial charge in [-0.1, -0.05) is 24.8 Å². The average molecular weight is 614 g/mol. The number of halogens is 3. The van der Waals surface area contributed by atoms with E-state index in [2.05, 4.69) is 20.7 Å². The summed E-state index contributed by atoms with van der Waals surface area (Å²) in [5.41, 5.74) is 0.381. The van der Waals surface area contributed by atoms with Gasteiger partial charge in [-0.05, 0) is 68.7 Å². The van der Waals surface area contributed by atoms with Gasteiger partial charge < -0.3 is 14.7 Å². The first kappa shape index (κ1) is 28.4. The molecule has 0 bridgehead atoms. The fraction of sp³-hybridized carbons (Fsp3) is 0.457. The second-order valence-electron chi connectivity index (χ2n) is 13.0. The van der Waals surface area contributed by atoms with Crippen LogP contribution in [0.15, 0.2) is 24.3 Å². The summed E-state index contributed by atoms with van der Waals surface area (Å²) in [6.07, 6.45) is 12.6. The molecule has 0 spiro atoms. The predicted molar refractivity (Wildman–Crippen MR) is 166 cm³/mol. The van der Waals surface area contributed by atoms with Crippen LogP contribution in [-0.4, -0.2) is 69.0 Å². The molecule has 45 heavy (non-hydrogen) atoms. The fourth-order valence-electron chi connectivity index (χ4n) is 8.30. The van der Waals surface area contributed by atoms with Gasteiger partial charge in [-0.2, -0.15) is 9.97 Å². The van der Waals surface area contributed by atoms with Crippen molar-refractivity contribution in [1.29, 1.82) is 0 Å². The number of aryl methyl sites for hydroxylation is 1. The van der Waals surface area contributed by atoms with Gasteiger partial charge >= 0.3 is 6.01 Å². The van der Waals surface area contributed by atoms with E-state index in [-0.39, 0.29) is 46.7 Å². The zero-order chi connectivity index (χ0) is 30.9. The number of hydrogen-bond acceptors (Lipinski definition) is 7. The third kappa shape index (κ3) is 4.58. The number of phenolic OH excluding ortho intramolecular Hbond substituents is 1. The summed E-state index contributed by atoms with van der Waals surface area (Å²) >= 11 is 0. The molecule has 0 radical (unpaired) electrons. The summed E-state index contributed by atoms with van der Waals surface area (Å²) in [7, 11) is 0. The first-order valence-corrected chi connectivity index (χ1v) is 16.0. The molecular weight excluding hydrogens is 579 g/mol. The summed E-state index contributed by atoms with van der Waals surface area (Å²) < 4.78 is 52.7. The number of terminal acetylenes is 1. The number of aromatic nitrogens is 3. The Morgan fingerprint density at radius 3 is 2.80 bits per heavy atom. The van der Waals surface area contributed by atoms with Crippen LogP contribution in [0.5, 0.6) is 11.8 Å². The van der Waals surface area contributed by atoms with Crippen LogP contribution in [0.3, 0.4) is 0 Å². The second-order valence-corrected chi connectivity index (χ2v) is 13.0. The third-order valence-electron chi connectivity index (χ3n) is 10.4. The van der Waals surface area contributed by atoms with Gasteiger partial charge in [0.25, 0.3) is 0 Å². The van der Waals surface area contributed by atoms with Crippen LogP contribution in [-0.2, 0) is 6.42 Å². The minimum Gasteiger partial charge on any atom is -0.508 e. The van der Waals surface area contributed by atoms with Crippen LogP contribution in [0.2, 0.25) is 0 Å². The molecule has 3 saturated heterocycles. The van der Waals surface area contributed by atoms with E-state index in [4.69, 9.17) is 21.1 Å². The van der Waals surface area contributed by atoms with Crippen molar-refractivity contribution in [1.82, 2.24) is 19.9 Å². The summed E-state index contributed by atoms with van der Waals surface area (Å²) in [5.74, 6) is 1.55. The number of alkyl halides is 1. The van der Waals surface area contributed by atoms with E-state index in [1.54, 1.807) is 0 Å². The number of fused-ring (bicyclic) bond motifs is 4. The van der Waals surface area contributed by atoms with Crippen LogP contribution in [0.4, 0.5) is 19.0 Å². The Hall–Kier alpha value is -4.10. The molecule has 8 rings (SSSR count). The quantitative estimate of drug-likeness (QED) is 0.265. The predicted octanol–water partition coefficient (Wildman–Crippen LogP) is 6.46. The molecule has 2 aromatic heterocycles. The summed E-state index contributed by atoms with van der Waals surface area (Å²) in [6, 6.07) is 5.83. The Kier molecular flexibility index (Phi) is 6.79. The van der Waals surface area contributed by atoms with Gasteiger partial charge in [-0.3, -0.25) is 4.90 Å². The monoisotopic (exact) mass is 613 g/mol. The minimum absolute atomic E-state index is 0.0291. The second kappa shape index (κ2) is 10.8. The highest BCUT2D eigenvalue weighted by Crippen LogP contribution is 2.44. The highest BCUT2D eigenvalue weighted by molar-refractivity contribution is 6.03. The number of benzene rings is 2. The topological polar surface area (TPSA) is 74.6 Å². The largest absolute Gasteiger partial charge is 0.508 e. The van der Waals surface area contributed by atoms with Gasteiger partial charge in [0.15, 0.2) is 5.82 Å². The van der Waals surface area contributed by atoms with Crippen LogP contribution in [0.1, 0.15) is 62.6 Å².